The van der Waals surface area contributed by atoms with Crippen LogP contribution in [0.1, 0.15) is 9.67 Å². The average Bonchev–Trinajstić information content (AvgIpc) is 2.70. The van der Waals surface area contributed by atoms with E-state index in [9.17, 15) is 4.79 Å². The van der Waals surface area contributed by atoms with Gasteiger partial charge in [0.1, 0.15) is 0 Å². The monoisotopic (exact) mass is 306 g/mol. The molecule has 0 aliphatic heterocycles. The maximum absolute atomic E-state index is 11.6. The molecule has 0 unspecified atom stereocenters. The topological polar surface area (TPSA) is 50.4 Å². The van der Waals surface area contributed by atoms with E-state index < -0.39 is 0 Å². The van der Waals surface area contributed by atoms with Gasteiger partial charge in [0, 0.05) is 26.7 Å². The van der Waals surface area contributed by atoms with Crippen LogP contribution in [-0.4, -0.2) is 39.3 Å². The Hall–Kier alpha value is -0.430. The Morgan fingerprint density at radius 1 is 1.44 bits per heavy atom. The first kappa shape index (κ1) is 13.6. The smallest absolute Gasteiger partial charge is 0.261 e. The second-order valence-electron chi connectivity index (χ2n) is 3.10. The van der Waals surface area contributed by atoms with Crippen LogP contribution in [0, 0.1) is 0 Å². The largest absolute Gasteiger partial charge is 0.383 e. The van der Waals surface area contributed by atoms with E-state index in [4.69, 9.17) is 4.74 Å². The lowest BCUT2D eigenvalue weighted by Crippen LogP contribution is -2.32. The number of rotatable bonds is 7. The summed E-state index contributed by atoms with van der Waals surface area (Å²) in [6, 6.07) is 3.68. The van der Waals surface area contributed by atoms with Crippen LogP contribution >= 0.6 is 27.3 Å². The van der Waals surface area contributed by atoms with Crippen LogP contribution in [0.25, 0.3) is 0 Å². The number of thiophene rings is 1. The van der Waals surface area contributed by atoms with Crippen molar-refractivity contribution in [1.82, 2.24) is 10.6 Å². The molecule has 0 aromatic carbocycles. The van der Waals surface area contributed by atoms with Gasteiger partial charge in [0.2, 0.25) is 0 Å². The van der Waals surface area contributed by atoms with Crippen LogP contribution in [0.4, 0.5) is 0 Å². The van der Waals surface area contributed by atoms with Crippen LogP contribution < -0.4 is 10.6 Å². The number of carbonyl (C=O) groups is 1. The number of hydrogen-bond acceptors (Lipinski definition) is 4. The second-order valence-corrected chi connectivity index (χ2v) is 5.57. The summed E-state index contributed by atoms with van der Waals surface area (Å²) in [7, 11) is 1.66. The minimum Gasteiger partial charge on any atom is -0.383 e. The third kappa shape index (κ3) is 5.07. The summed E-state index contributed by atoms with van der Waals surface area (Å²) in [5.41, 5.74) is 0. The SMILES string of the molecule is COCCNCCNC(=O)c1ccc(Br)s1. The molecule has 1 aromatic rings. The van der Waals surface area contributed by atoms with Gasteiger partial charge in [-0.2, -0.15) is 0 Å². The second kappa shape index (κ2) is 7.78. The molecule has 1 heterocycles. The number of nitrogens with one attached hydrogen (secondary N) is 2. The first-order valence-electron chi connectivity index (χ1n) is 4.97. The van der Waals surface area contributed by atoms with Crippen molar-refractivity contribution >= 4 is 33.2 Å². The summed E-state index contributed by atoms with van der Waals surface area (Å²) in [5, 5.41) is 5.99. The zero-order valence-corrected chi connectivity index (χ0v) is 11.5. The number of hydrogen-bond donors (Lipinski definition) is 2. The van der Waals surface area contributed by atoms with Crippen LogP contribution in [0.3, 0.4) is 0 Å². The van der Waals surface area contributed by atoms with Crippen LogP contribution in [0.5, 0.6) is 0 Å². The van der Waals surface area contributed by atoms with Crippen molar-refractivity contribution in [2.75, 3.05) is 33.4 Å². The Bertz CT molecular complexity index is 330. The molecule has 1 aromatic heterocycles. The van der Waals surface area contributed by atoms with Crippen LogP contribution in [-0.2, 0) is 4.74 Å². The lowest BCUT2D eigenvalue weighted by atomic mass is 10.4. The summed E-state index contributed by atoms with van der Waals surface area (Å²) in [6.07, 6.45) is 0. The molecule has 0 saturated carbocycles. The van der Waals surface area contributed by atoms with Gasteiger partial charge in [0.05, 0.1) is 15.3 Å². The van der Waals surface area contributed by atoms with Crippen molar-refractivity contribution in [3.63, 3.8) is 0 Å². The molecule has 1 amide bonds. The molecule has 6 heteroatoms. The molecule has 0 saturated heterocycles. The summed E-state index contributed by atoms with van der Waals surface area (Å²) in [5.74, 6) is -0.0239. The van der Waals surface area contributed by atoms with Crippen molar-refractivity contribution in [1.29, 1.82) is 0 Å². The quantitative estimate of drug-likeness (QED) is 0.750. The molecule has 0 fully saturated rings. The van der Waals surface area contributed by atoms with Crippen molar-refractivity contribution in [2.45, 2.75) is 0 Å². The first-order valence-corrected chi connectivity index (χ1v) is 6.58. The Labute approximate surface area is 108 Å². The Morgan fingerprint density at radius 2 is 2.25 bits per heavy atom. The predicted molar refractivity (Wildman–Crippen MR) is 69.1 cm³/mol. The number of carbonyl (C=O) groups excluding carboxylic acids is 1. The van der Waals surface area contributed by atoms with E-state index in [0.717, 1.165) is 21.8 Å². The van der Waals surface area contributed by atoms with Gasteiger partial charge in [0.25, 0.3) is 5.91 Å². The fourth-order valence-electron chi connectivity index (χ4n) is 1.09. The van der Waals surface area contributed by atoms with Crippen molar-refractivity contribution in [2.24, 2.45) is 0 Å². The van der Waals surface area contributed by atoms with Gasteiger partial charge in [-0.15, -0.1) is 11.3 Å². The van der Waals surface area contributed by atoms with E-state index in [1.165, 1.54) is 11.3 Å². The van der Waals surface area contributed by atoms with E-state index in [-0.39, 0.29) is 5.91 Å². The number of ether oxygens (including phenoxy) is 1. The normalized spacial score (nSPS) is 10.4. The fourth-order valence-corrected chi connectivity index (χ4v) is 2.39. The van der Waals surface area contributed by atoms with E-state index in [0.29, 0.717) is 13.2 Å². The standard InChI is InChI=1S/C10H15BrN2O2S/c1-15-7-6-12-4-5-13-10(14)8-2-3-9(11)16-8/h2-3,12H,4-7H2,1H3,(H,13,14). The molecule has 0 radical (unpaired) electrons. The Balaban J connectivity index is 2.11. The Kier molecular flexibility index (Phi) is 6.63. The van der Waals surface area contributed by atoms with Gasteiger partial charge < -0.3 is 15.4 Å². The minimum absolute atomic E-state index is 0.0239. The minimum atomic E-state index is -0.0239. The molecule has 0 bridgehead atoms. The first-order chi connectivity index (χ1) is 7.74. The molecule has 0 aliphatic rings. The molecule has 16 heavy (non-hydrogen) atoms. The molecular formula is C10H15BrN2O2S. The summed E-state index contributed by atoms with van der Waals surface area (Å²) in [6.45, 7) is 2.86. The molecule has 0 spiro atoms. The highest BCUT2D eigenvalue weighted by atomic mass is 79.9. The lowest BCUT2D eigenvalue weighted by molar-refractivity contribution is 0.0957. The maximum Gasteiger partial charge on any atom is 0.261 e. The van der Waals surface area contributed by atoms with E-state index in [1.807, 2.05) is 12.1 Å². The third-order valence-corrected chi connectivity index (χ3v) is 3.49. The van der Waals surface area contributed by atoms with E-state index in [2.05, 4.69) is 26.6 Å². The molecule has 0 aliphatic carbocycles. The van der Waals surface area contributed by atoms with Gasteiger partial charge in [-0.25, -0.2) is 0 Å². The Morgan fingerprint density at radius 3 is 2.88 bits per heavy atom. The van der Waals surface area contributed by atoms with Gasteiger partial charge in [0.15, 0.2) is 0 Å². The molecular weight excluding hydrogens is 292 g/mol. The highest BCUT2D eigenvalue weighted by molar-refractivity contribution is 9.11. The third-order valence-electron chi connectivity index (χ3n) is 1.87. The molecule has 90 valence electrons. The maximum atomic E-state index is 11.6. The van der Waals surface area contributed by atoms with Crippen molar-refractivity contribution < 1.29 is 9.53 Å². The predicted octanol–water partition coefficient (Wildman–Crippen LogP) is 1.48. The van der Waals surface area contributed by atoms with Gasteiger partial charge >= 0.3 is 0 Å². The van der Waals surface area contributed by atoms with Crippen molar-refractivity contribution in [3.05, 3.63) is 20.8 Å². The van der Waals surface area contributed by atoms with Gasteiger partial charge in [-0.1, -0.05) is 0 Å². The highest BCUT2D eigenvalue weighted by Crippen LogP contribution is 2.21. The average molecular weight is 307 g/mol. The van der Waals surface area contributed by atoms with Crippen LogP contribution in [0.2, 0.25) is 0 Å². The van der Waals surface area contributed by atoms with Crippen molar-refractivity contribution in [3.8, 4) is 0 Å². The molecule has 4 nitrogen and oxygen atoms in total. The summed E-state index contributed by atoms with van der Waals surface area (Å²) in [4.78, 5) is 12.3. The number of methoxy groups -OCH3 is 1. The molecule has 2 N–H and O–H groups in total. The lowest BCUT2D eigenvalue weighted by Gasteiger charge is -2.05. The summed E-state index contributed by atoms with van der Waals surface area (Å²) >= 11 is 4.75. The van der Waals surface area contributed by atoms with Gasteiger partial charge in [-0.05, 0) is 28.1 Å². The number of halogens is 1. The van der Waals surface area contributed by atoms with E-state index >= 15 is 0 Å². The molecule has 1 rings (SSSR count). The summed E-state index contributed by atoms with van der Waals surface area (Å²) < 4.78 is 5.86. The van der Waals surface area contributed by atoms with Gasteiger partial charge in [-0.3, -0.25) is 4.79 Å². The highest BCUT2D eigenvalue weighted by Gasteiger charge is 2.06. The molecule has 0 atom stereocenters. The van der Waals surface area contributed by atoms with E-state index in [1.54, 1.807) is 7.11 Å². The fraction of sp³-hybridized carbons (Fsp3) is 0.500. The number of amides is 1. The zero-order valence-electron chi connectivity index (χ0n) is 9.09. The van der Waals surface area contributed by atoms with Crippen LogP contribution in [0.15, 0.2) is 15.9 Å². The zero-order chi connectivity index (χ0) is 11.8.